The van der Waals surface area contributed by atoms with Crippen LogP contribution in [-0.4, -0.2) is 83.9 Å². The number of nitrogens with zero attached hydrogens (tertiary/aromatic N) is 4. The van der Waals surface area contributed by atoms with Crippen molar-refractivity contribution in [2.75, 3.05) is 44.7 Å². The second-order valence-electron chi connectivity index (χ2n) is 13.0. The standard InChI is InChI=1S/C35H39F3N6O5S/c1-5-8-34(9-10-34)50(47,48)44-20-22(2)31-26(32(45)40-19-27-29(49-4)15-23(3)41-33(27)46)16-25(17-28(31)44)24-6-7-30(39-18-24)43-13-11-42(12-14-43)21-35(36,37)38/h5-7,15-18,20H,1,8-14,19,21H2,2-4H3,(H,40,45)(H,41,46). The van der Waals surface area contributed by atoms with Gasteiger partial charge in [0.05, 0.1) is 36.0 Å². The Morgan fingerprint density at radius 1 is 1.12 bits per heavy atom. The fourth-order valence-electron chi connectivity index (χ4n) is 6.68. The summed E-state index contributed by atoms with van der Waals surface area (Å²) in [6.45, 7) is 7.38. The number of allylic oxidation sites excluding steroid dienone is 1. The van der Waals surface area contributed by atoms with Gasteiger partial charge >= 0.3 is 6.18 Å². The predicted molar refractivity (Wildman–Crippen MR) is 185 cm³/mol. The van der Waals surface area contributed by atoms with E-state index in [4.69, 9.17) is 4.74 Å². The topological polar surface area (TPSA) is 130 Å². The van der Waals surface area contributed by atoms with Gasteiger partial charge in [0.1, 0.15) is 11.6 Å². The van der Waals surface area contributed by atoms with Gasteiger partial charge < -0.3 is 19.9 Å². The van der Waals surface area contributed by atoms with Crippen LogP contribution in [0.15, 0.2) is 60.2 Å². The summed E-state index contributed by atoms with van der Waals surface area (Å²) in [6, 6.07) is 8.60. The van der Waals surface area contributed by atoms with E-state index < -0.39 is 39.0 Å². The molecule has 0 spiro atoms. The molecule has 266 valence electrons. The van der Waals surface area contributed by atoms with Crippen molar-refractivity contribution in [1.29, 1.82) is 0 Å². The average molecular weight is 713 g/mol. The summed E-state index contributed by atoms with van der Waals surface area (Å²) in [4.78, 5) is 37.3. The van der Waals surface area contributed by atoms with Gasteiger partial charge in [-0.1, -0.05) is 6.08 Å². The van der Waals surface area contributed by atoms with E-state index in [-0.39, 0.29) is 30.8 Å². The van der Waals surface area contributed by atoms with E-state index in [0.29, 0.717) is 77.2 Å². The molecule has 15 heteroatoms. The highest BCUT2D eigenvalue weighted by atomic mass is 32.2. The van der Waals surface area contributed by atoms with Gasteiger partial charge in [0, 0.05) is 60.8 Å². The van der Waals surface area contributed by atoms with E-state index in [1.165, 1.54) is 22.2 Å². The molecule has 1 saturated heterocycles. The number of ether oxygens (including phenoxy) is 1. The van der Waals surface area contributed by atoms with Crippen LogP contribution in [0.1, 0.15) is 46.4 Å². The van der Waals surface area contributed by atoms with Crippen molar-refractivity contribution in [3.63, 3.8) is 0 Å². The van der Waals surface area contributed by atoms with E-state index >= 15 is 0 Å². The van der Waals surface area contributed by atoms with Gasteiger partial charge in [-0.05, 0) is 74.6 Å². The number of hydrogen-bond donors (Lipinski definition) is 2. The number of aryl methyl sites for hydroxylation is 2. The SMILES string of the molecule is C=CCC1(S(=O)(=O)n2cc(C)c3c(C(=O)NCc4c(OC)cc(C)[nH]c4=O)cc(-c4ccc(N5CCN(CC(F)(F)F)CC5)nc4)cc32)CC1. The molecule has 1 saturated carbocycles. The van der Waals surface area contributed by atoms with Crippen molar-refractivity contribution in [2.24, 2.45) is 0 Å². The Morgan fingerprint density at radius 2 is 1.84 bits per heavy atom. The molecule has 0 bridgehead atoms. The molecule has 6 rings (SSSR count). The van der Waals surface area contributed by atoms with Gasteiger partial charge in [-0.15, -0.1) is 6.58 Å². The molecule has 3 aromatic heterocycles. The molecule has 50 heavy (non-hydrogen) atoms. The van der Waals surface area contributed by atoms with Crippen molar-refractivity contribution < 1.29 is 31.1 Å². The summed E-state index contributed by atoms with van der Waals surface area (Å²) in [5.41, 5.74) is 2.69. The highest BCUT2D eigenvalue weighted by molar-refractivity contribution is 7.91. The van der Waals surface area contributed by atoms with Crippen molar-refractivity contribution in [1.82, 2.24) is 24.2 Å². The van der Waals surface area contributed by atoms with Crippen LogP contribution in [0.4, 0.5) is 19.0 Å². The van der Waals surface area contributed by atoms with Gasteiger partial charge in [-0.25, -0.2) is 17.4 Å². The third-order valence-electron chi connectivity index (χ3n) is 9.49. The first-order valence-electron chi connectivity index (χ1n) is 16.2. The minimum absolute atomic E-state index is 0.143. The second kappa shape index (κ2) is 13.2. The van der Waals surface area contributed by atoms with E-state index in [9.17, 15) is 31.2 Å². The summed E-state index contributed by atoms with van der Waals surface area (Å²) >= 11 is 0. The first-order valence-corrected chi connectivity index (χ1v) is 17.7. The summed E-state index contributed by atoms with van der Waals surface area (Å²) in [6.07, 6.45) is 1.78. The van der Waals surface area contributed by atoms with Crippen molar-refractivity contribution in [2.45, 2.75) is 50.6 Å². The lowest BCUT2D eigenvalue weighted by molar-refractivity contribution is -0.146. The van der Waals surface area contributed by atoms with E-state index in [0.717, 1.165) is 0 Å². The van der Waals surface area contributed by atoms with Crippen molar-refractivity contribution >= 4 is 32.7 Å². The number of amides is 1. The number of halogens is 3. The monoisotopic (exact) mass is 712 g/mol. The maximum atomic E-state index is 14.1. The van der Waals surface area contributed by atoms with Crippen LogP contribution in [-0.2, 0) is 16.6 Å². The Bertz CT molecular complexity index is 2110. The van der Waals surface area contributed by atoms with Gasteiger partial charge in [-0.3, -0.25) is 14.5 Å². The second-order valence-corrected chi connectivity index (χ2v) is 15.2. The van der Waals surface area contributed by atoms with Crippen LogP contribution in [0.25, 0.3) is 22.0 Å². The molecule has 0 radical (unpaired) electrons. The Hall–Kier alpha value is -4.63. The third kappa shape index (κ3) is 6.75. The smallest absolute Gasteiger partial charge is 0.401 e. The number of benzene rings is 1. The molecule has 2 fully saturated rings. The highest BCUT2D eigenvalue weighted by Crippen LogP contribution is 2.49. The van der Waals surface area contributed by atoms with Crippen molar-refractivity contribution in [3.05, 3.63) is 88.1 Å². The zero-order chi connectivity index (χ0) is 36.0. The molecule has 1 aromatic carbocycles. The lowest BCUT2D eigenvalue weighted by Gasteiger charge is -2.35. The van der Waals surface area contributed by atoms with Gasteiger partial charge in [0.25, 0.3) is 11.5 Å². The van der Waals surface area contributed by atoms with Crippen LogP contribution < -0.4 is 20.5 Å². The number of methoxy groups -OCH3 is 1. The molecular weight excluding hydrogens is 673 g/mol. The van der Waals surface area contributed by atoms with Crippen LogP contribution in [0.2, 0.25) is 0 Å². The van der Waals surface area contributed by atoms with Crippen LogP contribution in [0.3, 0.4) is 0 Å². The molecule has 2 N–H and O–H groups in total. The fraction of sp³-hybridized carbons (Fsp3) is 0.400. The quantitative estimate of drug-likeness (QED) is 0.210. The molecule has 1 amide bonds. The molecule has 1 aliphatic heterocycles. The molecule has 0 atom stereocenters. The van der Waals surface area contributed by atoms with Gasteiger partial charge in [-0.2, -0.15) is 13.2 Å². The van der Waals surface area contributed by atoms with Crippen molar-refractivity contribution in [3.8, 4) is 16.9 Å². The number of alkyl halides is 3. The summed E-state index contributed by atoms with van der Waals surface area (Å²) < 4.78 is 72.5. The maximum Gasteiger partial charge on any atom is 0.401 e. The molecule has 11 nitrogen and oxygen atoms in total. The van der Waals surface area contributed by atoms with Crippen LogP contribution >= 0.6 is 0 Å². The number of piperazine rings is 1. The molecule has 1 aliphatic carbocycles. The zero-order valence-corrected chi connectivity index (χ0v) is 28.9. The maximum absolute atomic E-state index is 14.1. The Labute approximate surface area is 287 Å². The lowest BCUT2D eigenvalue weighted by Crippen LogP contribution is -2.49. The number of H-pyrrole nitrogens is 1. The predicted octanol–water partition coefficient (Wildman–Crippen LogP) is 4.92. The van der Waals surface area contributed by atoms with E-state index in [2.05, 4.69) is 21.9 Å². The normalized spacial score (nSPS) is 16.4. The average Bonchev–Trinajstić information content (AvgIpc) is 3.79. The number of aromatic nitrogens is 3. The third-order valence-corrected chi connectivity index (χ3v) is 12.0. The minimum Gasteiger partial charge on any atom is -0.496 e. The Balaban J connectivity index is 1.37. The number of aromatic amines is 1. The fourth-order valence-corrected chi connectivity index (χ4v) is 8.74. The molecule has 0 unspecified atom stereocenters. The minimum atomic E-state index is -4.26. The summed E-state index contributed by atoms with van der Waals surface area (Å²) in [5.74, 6) is 0.396. The molecular formula is C35H39F3N6O5S. The number of carbonyl (C=O) groups is 1. The number of anilines is 1. The van der Waals surface area contributed by atoms with E-state index in [1.54, 1.807) is 56.5 Å². The van der Waals surface area contributed by atoms with Gasteiger partial charge in [0.15, 0.2) is 0 Å². The van der Waals surface area contributed by atoms with Gasteiger partial charge in [0.2, 0.25) is 10.0 Å². The summed E-state index contributed by atoms with van der Waals surface area (Å²) in [7, 11) is -2.46. The largest absolute Gasteiger partial charge is 0.496 e. The number of rotatable bonds is 11. The zero-order valence-electron chi connectivity index (χ0n) is 28.1. The molecule has 4 heterocycles. The molecule has 4 aromatic rings. The number of hydrogen-bond acceptors (Lipinski definition) is 8. The van der Waals surface area contributed by atoms with E-state index in [1.807, 2.05) is 4.90 Å². The number of fused-ring (bicyclic) bond motifs is 1. The first-order chi connectivity index (χ1) is 23.7. The number of carbonyl (C=O) groups excluding carboxylic acids is 1. The van der Waals surface area contributed by atoms with Crippen LogP contribution in [0, 0.1) is 13.8 Å². The van der Waals surface area contributed by atoms with Crippen LogP contribution in [0.5, 0.6) is 5.75 Å². The lowest BCUT2D eigenvalue weighted by atomic mass is 9.99. The highest BCUT2D eigenvalue weighted by Gasteiger charge is 2.54. The molecule has 2 aliphatic rings. The number of nitrogens with one attached hydrogen (secondary N) is 2. The number of pyridine rings is 2. The Morgan fingerprint density at radius 3 is 2.44 bits per heavy atom. The summed E-state index contributed by atoms with van der Waals surface area (Å²) in [5, 5.41) is 3.28. The Kier molecular flexibility index (Phi) is 9.33. The first kappa shape index (κ1) is 35.2.